The van der Waals surface area contributed by atoms with Crippen molar-refractivity contribution in [3.63, 3.8) is 0 Å². The van der Waals surface area contributed by atoms with Gasteiger partial charge in [-0.1, -0.05) is 41.0 Å². The van der Waals surface area contributed by atoms with Gasteiger partial charge in [0, 0.05) is 6.54 Å². The van der Waals surface area contributed by atoms with Crippen LogP contribution in [0, 0.1) is 11.3 Å². The quantitative estimate of drug-likeness (QED) is 0.640. The van der Waals surface area contributed by atoms with E-state index in [1.54, 1.807) is 0 Å². The molecule has 1 nitrogen and oxygen atoms in total. The molecule has 0 aliphatic heterocycles. The lowest BCUT2D eigenvalue weighted by Crippen LogP contribution is -2.32. The smallest absolute Gasteiger partial charge is 0.000504 e. The van der Waals surface area contributed by atoms with Crippen molar-refractivity contribution in [2.45, 2.75) is 53.9 Å². The van der Waals surface area contributed by atoms with E-state index in [0.29, 0.717) is 5.41 Å². The van der Waals surface area contributed by atoms with Gasteiger partial charge in [-0.25, -0.2) is 0 Å². The van der Waals surface area contributed by atoms with E-state index in [1.165, 1.54) is 25.8 Å². The van der Waals surface area contributed by atoms with Crippen LogP contribution in [0.5, 0.6) is 0 Å². The van der Waals surface area contributed by atoms with Crippen molar-refractivity contribution >= 4 is 0 Å². The van der Waals surface area contributed by atoms with Crippen LogP contribution in [0.3, 0.4) is 0 Å². The number of nitrogens with one attached hydrogen (secondary N) is 1. The highest BCUT2D eigenvalue weighted by Crippen LogP contribution is 2.30. The van der Waals surface area contributed by atoms with Gasteiger partial charge in [-0.05, 0) is 30.7 Å². The highest BCUT2D eigenvalue weighted by Gasteiger charge is 2.23. The van der Waals surface area contributed by atoms with Crippen LogP contribution in [0.2, 0.25) is 0 Å². The fraction of sp³-hybridized carbons (Fsp3) is 1.00. The van der Waals surface area contributed by atoms with Gasteiger partial charge in [0.1, 0.15) is 0 Å². The molecule has 2 atom stereocenters. The van der Waals surface area contributed by atoms with Gasteiger partial charge in [-0.15, -0.1) is 0 Å². The molecule has 0 aromatic carbocycles. The summed E-state index contributed by atoms with van der Waals surface area (Å²) in [5.74, 6) is 0.864. The molecule has 1 heteroatoms. The zero-order valence-electron chi connectivity index (χ0n) is 10.1. The average Bonchev–Trinajstić information content (AvgIpc) is 2.14. The first kappa shape index (κ1) is 13.0. The van der Waals surface area contributed by atoms with Gasteiger partial charge in [0.2, 0.25) is 0 Å². The van der Waals surface area contributed by atoms with Crippen molar-refractivity contribution in [3.05, 3.63) is 0 Å². The van der Waals surface area contributed by atoms with Crippen LogP contribution in [-0.4, -0.2) is 13.1 Å². The van der Waals surface area contributed by atoms with Gasteiger partial charge in [-0.2, -0.15) is 0 Å². The molecular weight excluding hydrogens is 158 g/mol. The van der Waals surface area contributed by atoms with Crippen molar-refractivity contribution < 1.29 is 0 Å². The van der Waals surface area contributed by atoms with Crippen LogP contribution in [0.4, 0.5) is 0 Å². The van der Waals surface area contributed by atoms with E-state index in [0.717, 1.165) is 12.5 Å². The summed E-state index contributed by atoms with van der Waals surface area (Å²) in [5, 5.41) is 3.47. The second kappa shape index (κ2) is 6.42. The maximum atomic E-state index is 3.47. The largest absolute Gasteiger partial charge is 0.316 e. The number of rotatable bonds is 7. The molecular formula is C12H27N. The molecule has 0 aromatic rings. The van der Waals surface area contributed by atoms with Crippen molar-refractivity contribution in [1.29, 1.82) is 0 Å². The van der Waals surface area contributed by atoms with E-state index in [-0.39, 0.29) is 0 Å². The normalized spacial score (nSPS) is 18.2. The maximum absolute atomic E-state index is 3.47. The summed E-state index contributed by atoms with van der Waals surface area (Å²) in [7, 11) is 0. The molecule has 13 heavy (non-hydrogen) atoms. The first-order valence-corrected chi connectivity index (χ1v) is 5.78. The Balaban J connectivity index is 3.94. The Kier molecular flexibility index (Phi) is 6.40. The van der Waals surface area contributed by atoms with Gasteiger partial charge in [0.05, 0.1) is 0 Å². The molecule has 0 bridgehead atoms. The Morgan fingerprint density at radius 2 is 1.85 bits per heavy atom. The van der Waals surface area contributed by atoms with Crippen LogP contribution >= 0.6 is 0 Å². The van der Waals surface area contributed by atoms with Gasteiger partial charge < -0.3 is 5.32 Å². The predicted molar refractivity (Wildman–Crippen MR) is 61.0 cm³/mol. The number of hydrogen-bond acceptors (Lipinski definition) is 1. The minimum absolute atomic E-state index is 0.505. The van der Waals surface area contributed by atoms with E-state index in [1.807, 2.05) is 0 Å². The van der Waals surface area contributed by atoms with E-state index < -0.39 is 0 Å². The highest BCUT2D eigenvalue weighted by molar-refractivity contribution is 4.77. The van der Waals surface area contributed by atoms with Crippen LogP contribution in [0.15, 0.2) is 0 Å². The first-order chi connectivity index (χ1) is 6.08. The third-order valence-corrected chi connectivity index (χ3v) is 3.19. The standard InChI is InChI=1S/C12H27N/c1-6-11(4)9-12(5,7-2)10-13-8-3/h11,13H,6-10H2,1-5H3. The molecule has 0 saturated carbocycles. The van der Waals surface area contributed by atoms with Crippen LogP contribution in [0.25, 0.3) is 0 Å². The first-order valence-electron chi connectivity index (χ1n) is 5.78. The van der Waals surface area contributed by atoms with Crippen LogP contribution in [-0.2, 0) is 0 Å². The summed E-state index contributed by atoms with van der Waals surface area (Å²) in [6, 6.07) is 0. The van der Waals surface area contributed by atoms with Crippen LogP contribution in [0.1, 0.15) is 53.9 Å². The second-order valence-corrected chi connectivity index (χ2v) is 4.66. The Labute approximate surface area is 84.3 Å². The average molecular weight is 185 g/mol. The van der Waals surface area contributed by atoms with E-state index in [9.17, 15) is 0 Å². The fourth-order valence-corrected chi connectivity index (χ4v) is 1.75. The summed E-state index contributed by atoms with van der Waals surface area (Å²) in [4.78, 5) is 0. The minimum atomic E-state index is 0.505. The zero-order chi connectivity index (χ0) is 10.3. The summed E-state index contributed by atoms with van der Waals surface area (Å²) < 4.78 is 0. The Morgan fingerprint density at radius 3 is 2.23 bits per heavy atom. The van der Waals surface area contributed by atoms with Gasteiger partial charge in [0.15, 0.2) is 0 Å². The summed E-state index contributed by atoms with van der Waals surface area (Å²) >= 11 is 0. The maximum Gasteiger partial charge on any atom is 0.000504 e. The van der Waals surface area contributed by atoms with Crippen molar-refractivity contribution in [3.8, 4) is 0 Å². The molecule has 0 radical (unpaired) electrons. The van der Waals surface area contributed by atoms with E-state index in [2.05, 4.69) is 39.9 Å². The summed E-state index contributed by atoms with van der Waals surface area (Å²) in [6.45, 7) is 13.8. The van der Waals surface area contributed by atoms with Gasteiger partial charge in [0.25, 0.3) is 0 Å². The monoisotopic (exact) mass is 185 g/mol. The predicted octanol–water partition coefficient (Wildman–Crippen LogP) is 3.45. The van der Waals surface area contributed by atoms with E-state index >= 15 is 0 Å². The molecule has 0 aliphatic carbocycles. The van der Waals surface area contributed by atoms with Crippen molar-refractivity contribution in [2.24, 2.45) is 11.3 Å². The Morgan fingerprint density at radius 1 is 1.23 bits per heavy atom. The zero-order valence-corrected chi connectivity index (χ0v) is 10.1. The van der Waals surface area contributed by atoms with E-state index in [4.69, 9.17) is 0 Å². The molecule has 0 rings (SSSR count). The molecule has 0 spiro atoms. The minimum Gasteiger partial charge on any atom is -0.316 e. The van der Waals surface area contributed by atoms with Crippen LogP contribution < -0.4 is 5.32 Å². The number of hydrogen-bond donors (Lipinski definition) is 1. The molecule has 1 N–H and O–H groups in total. The molecule has 0 fully saturated rings. The molecule has 0 aromatic heterocycles. The van der Waals surface area contributed by atoms with Gasteiger partial charge in [-0.3, -0.25) is 0 Å². The van der Waals surface area contributed by atoms with Crippen molar-refractivity contribution in [2.75, 3.05) is 13.1 Å². The third kappa shape index (κ3) is 5.30. The lowest BCUT2D eigenvalue weighted by Gasteiger charge is -2.31. The van der Waals surface area contributed by atoms with Crippen molar-refractivity contribution in [1.82, 2.24) is 5.32 Å². The lowest BCUT2D eigenvalue weighted by atomic mass is 9.78. The summed E-state index contributed by atoms with van der Waals surface area (Å²) in [6.07, 6.45) is 3.94. The molecule has 2 unspecified atom stereocenters. The third-order valence-electron chi connectivity index (χ3n) is 3.19. The fourth-order valence-electron chi connectivity index (χ4n) is 1.75. The molecule has 0 saturated heterocycles. The molecule has 0 amide bonds. The SMILES string of the molecule is CCNCC(C)(CC)CC(C)CC. The summed E-state index contributed by atoms with van der Waals surface area (Å²) in [5.41, 5.74) is 0.505. The molecule has 0 heterocycles. The Hall–Kier alpha value is -0.0400. The second-order valence-electron chi connectivity index (χ2n) is 4.66. The highest BCUT2D eigenvalue weighted by atomic mass is 14.9. The lowest BCUT2D eigenvalue weighted by molar-refractivity contribution is 0.226. The molecule has 80 valence electrons. The molecule has 0 aliphatic rings. The topological polar surface area (TPSA) is 12.0 Å². The van der Waals surface area contributed by atoms with Gasteiger partial charge >= 0.3 is 0 Å². The Bertz CT molecular complexity index is 122.